The van der Waals surface area contributed by atoms with Gasteiger partial charge in [-0.1, -0.05) is 13.3 Å². The lowest BCUT2D eigenvalue weighted by atomic mass is 9.98. The van der Waals surface area contributed by atoms with Gasteiger partial charge < -0.3 is 10.2 Å². The second-order valence-corrected chi connectivity index (χ2v) is 5.71. The normalized spacial score (nSPS) is 20.4. The Morgan fingerprint density at radius 3 is 2.89 bits per heavy atom. The molecular formula is C16H27N3. The molecule has 1 aliphatic rings. The van der Waals surface area contributed by atoms with E-state index in [2.05, 4.69) is 30.1 Å². The third-order valence-corrected chi connectivity index (χ3v) is 4.21. The molecule has 2 heterocycles. The van der Waals surface area contributed by atoms with Crippen LogP contribution in [0.3, 0.4) is 0 Å². The molecule has 0 bridgehead atoms. The minimum absolute atomic E-state index is 0.895. The summed E-state index contributed by atoms with van der Waals surface area (Å²) in [6, 6.07) is 2.26. The minimum Gasteiger partial charge on any atom is -0.356 e. The van der Waals surface area contributed by atoms with Crippen LogP contribution in [-0.2, 0) is 6.54 Å². The lowest BCUT2D eigenvalue weighted by Gasteiger charge is -2.23. The van der Waals surface area contributed by atoms with Crippen molar-refractivity contribution in [1.29, 1.82) is 0 Å². The second-order valence-electron chi connectivity index (χ2n) is 5.71. The van der Waals surface area contributed by atoms with E-state index in [1.54, 1.807) is 0 Å². The van der Waals surface area contributed by atoms with Crippen molar-refractivity contribution >= 4 is 5.82 Å². The summed E-state index contributed by atoms with van der Waals surface area (Å²) in [7, 11) is 1.98. The molecule has 3 heteroatoms. The quantitative estimate of drug-likeness (QED) is 0.902. The molecule has 0 amide bonds. The molecule has 0 aromatic carbocycles. The Balaban J connectivity index is 2.08. The Morgan fingerprint density at radius 1 is 1.37 bits per heavy atom. The van der Waals surface area contributed by atoms with Crippen LogP contribution in [0.25, 0.3) is 0 Å². The maximum Gasteiger partial charge on any atom is 0.131 e. The zero-order valence-corrected chi connectivity index (χ0v) is 12.6. The summed E-state index contributed by atoms with van der Waals surface area (Å²) < 4.78 is 0. The Bertz CT molecular complexity index is 403. The van der Waals surface area contributed by atoms with Crippen molar-refractivity contribution in [1.82, 2.24) is 10.3 Å². The van der Waals surface area contributed by atoms with Gasteiger partial charge in [0, 0.05) is 25.8 Å². The second kappa shape index (κ2) is 6.90. The number of nitrogens with zero attached hydrogens (tertiary/aromatic N) is 2. The maximum atomic E-state index is 4.70. The molecule has 1 aromatic heterocycles. The van der Waals surface area contributed by atoms with E-state index in [9.17, 15) is 0 Å². The van der Waals surface area contributed by atoms with Gasteiger partial charge in [0.2, 0.25) is 0 Å². The average Bonchev–Trinajstić information content (AvgIpc) is 2.64. The van der Waals surface area contributed by atoms with E-state index in [1.165, 1.54) is 42.6 Å². The molecule has 1 N–H and O–H groups in total. The Morgan fingerprint density at radius 2 is 2.21 bits per heavy atom. The van der Waals surface area contributed by atoms with Gasteiger partial charge in [-0.3, -0.25) is 0 Å². The van der Waals surface area contributed by atoms with Crippen LogP contribution in [0.1, 0.15) is 43.7 Å². The molecule has 1 saturated heterocycles. The monoisotopic (exact) mass is 261 g/mol. The highest BCUT2D eigenvalue weighted by Crippen LogP contribution is 2.25. The van der Waals surface area contributed by atoms with Crippen LogP contribution < -0.4 is 10.2 Å². The smallest absolute Gasteiger partial charge is 0.131 e. The molecule has 0 saturated carbocycles. The topological polar surface area (TPSA) is 28.2 Å². The highest BCUT2D eigenvalue weighted by Gasteiger charge is 2.18. The summed E-state index contributed by atoms with van der Waals surface area (Å²) in [6.45, 7) is 7.72. The molecule has 1 aliphatic heterocycles. The molecule has 1 atom stereocenters. The third kappa shape index (κ3) is 3.69. The van der Waals surface area contributed by atoms with E-state index < -0.39 is 0 Å². The molecule has 1 unspecified atom stereocenters. The number of hydrogen-bond acceptors (Lipinski definition) is 3. The summed E-state index contributed by atoms with van der Waals surface area (Å²) in [5.41, 5.74) is 2.58. The van der Waals surface area contributed by atoms with Crippen molar-refractivity contribution in [2.45, 2.75) is 46.1 Å². The fourth-order valence-corrected chi connectivity index (χ4v) is 3.04. The van der Waals surface area contributed by atoms with Crippen LogP contribution >= 0.6 is 0 Å². The summed E-state index contributed by atoms with van der Waals surface area (Å²) in [5, 5.41) is 3.18. The zero-order chi connectivity index (χ0) is 13.7. The van der Waals surface area contributed by atoms with Crippen LogP contribution in [0, 0.1) is 12.8 Å². The lowest BCUT2D eigenvalue weighted by molar-refractivity contribution is 0.459. The molecule has 0 aliphatic carbocycles. The van der Waals surface area contributed by atoms with Crippen molar-refractivity contribution < 1.29 is 0 Å². The predicted molar refractivity (Wildman–Crippen MR) is 81.6 cm³/mol. The van der Waals surface area contributed by atoms with Gasteiger partial charge in [-0.2, -0.15) is 0 Å². The van der Waals surface area contributed by atoms with Crippen molar-refractivity contribution in [2.24, 2.45) is 5.92 Å². The van der Waals surface area contributed by atoms with Crippen molar-refractivity contribution in [3.63, 3.8) is 0 Å². The molecular weight excluding hydrogens is 234 g/mol. The van der Waals surface area contributed by atoms with E-state index in [0.717, 1.165) is 25.6 Å². The standard InChI is InChI=1S/C16H27N3/c1-4-14-6-5-8-19(9-7-14)16-13(2)10-15(11-17-3)12-18-16/h10,12,14,17H,4-9,11H2,1-3H3. The molecule has 1 fully saturated rings. The van der Waals surface area contributed by atoms with Gasteiger partial charge in [0.1, 0.15) is 5.82 Å². The number of aromatic nitrogens is 1. The third-order valence-electron chi connectivity index (χ3n) is 4.21. The zero-order valence-electron chi connectivity index (χ0n) is 12.6. The van der Waals surface area contributed by atoms with Crippen molar-refractivity contribution in [3.8, 4) is 0 Å². The minimum atomic E-state index is 0.895. The molecule has 106 valence electrons. The van der Waals surface area contributed by atoms with Crippen LogP contribution in [0.2, 0.25) is 0 Å². The van der Waals surface area contributed by atoms with E-state index in [0.29, 0.717) is 0 Å². The largest absolute Gasteiger partial charge is 0.356 e. The average molecular weight is 261 g/mol. The van der Waals surface area contributed by atoms with Gasteiger partial charge in [-0.05, 0) is 56.3 Å². The number of hydrogen-bond donors (Lipinski definition) is 1. The number of nitrogens with one attached hydrogen (secondary N) is 1. The van der Waals surface area contributed by atoms with E-state index in [-0.39, 0.29) is 0 Å². The Kier molecular flexibility index (Phi) is 5.20. The van der Waals surface area contributed by atoms with Crippen LogP contribution in [0.15, 0.2) is 12.3 Å². The van der Waals surface area contributed by atoms with Crippen molar-refractivity contribution in [3.05, 3.63) is 23.4 Å². The van der Waals surface area contributed by atoms with Gasteiger partial charge in [0.25, 0.3) is 0 Å². The number of pyridine rings is 1. The van der Waals surface area contributed by atoms with Gasteiger partial charge in [0.05, 0.1) is 0 Å². The lowest BCUT2D eigenvalue weighted by Crippen LogP contribution is -2.26. The molecule has 19 heavy (non-hydrogen) atoms. The molecule has 0 spiro atoms. The summed E-state index contributed by atoms with van der Waals surface area (Å²) in [6.07, 6.45) is 7.33. The van der Waals surface area contributed by atoms with Gasteiger partial charge in [-0.25, -0.2) is 4.98 Å². The summed E-state index contributed by atoms with van der Waals surface area (Å²) in [5.74, 6) is 2.10. The first-order valence-corrected chi connectivity index (χ1v) is 7.59. The molecule has 3 nitrogen and oxygen atoms in total. The molecule has 0 radical (unpaired) electrons. The van der Waals surface area contributed by atoms with Gasteiger partial charge >= 0.3 is 0 Å². The number of aryl methyl sites for hydroxylation is 1. The summed E-state index contributed by atoms with van der Waals surface area (Å²) in [4.78, 5) is 7.18. The van der Waals surface area contributed by atoms with E-state index >= 15 is 0 Å². The first-order valence-electron chi connectivity index (χ1n) is 7.59. The van der Waals surface area contributed by atoms with Gasteiger partial charge in [-0.15, -0.1) is 0 Å². The SMILES string of the molecule is CCC1CCCN(c2ncc(CNC)cc2C)CC1. The fourth-order valence-electron chi connectivity index (χ4n) is 3.04. The van der Waals surface area contributed by atoms with Crippen molar-refractivity contribution in [2.75, 3.05) is 25.0 Å². The fraction of sp³-hybridized carbons (Fsp3) is 0.688. The number of rotatable bonds is 4. The van der Waals surface area contributed by atoms with Crippen LogP contribution in [0.4, 0.5) is 5.82 Å². The Labute approximate surface area is 117 Å². The number of anilines is 1. The summed E-state index contributed by atoms with van der Waals surface area (Å²) >= 11 is 0. The maximum absolute atomic E-state index is 4.70. The highest BCUT2D eigenvalue weighted by molar-refractivity contribution is 5.47. The van der Waals surface area contributed by atoms with E-state index in [1.807, 2.05) is 13.2 Å². The molecule has 1 aromatic rings. The highest BCUT2D eigenvalue weighted by atomic mass is 15.2. The van der Waals surface area contributed by atoms with Crippen LogP contribution in [-0.4, -0.2) is 25.1 Å². The van der Waals surface area contributed by atoms with Gasteiger partial charge in [0.15, 0.2) is 0 Å². The van der Waals surface area contributed by atoms with E-state index in [4.69, 9.17) is 4.98 Å². The van der Waals surface area contributed by atoms with Crippen LogP contribution in [0.5, 0.6) is 0 Å². The predicted octanol–water partition coefficient (Wildman–Crippen LogP) is 3.13. The molecule has 2 rings (SSSR count). The first kappa shape index (κ1) is 14.3. The Hall–Kier alpha value is -1.09. The first-order chi connectivity index (χ1) is 9.24.